The Labute approximate surface area is 314 Å². The number of amides is 1. The largest absolute Gasteiger partial charge is 0.444 e. The van der Waals surface area contributed by atoms with E-state index in [0.717, 1.165) is 61.4 Å². The van der Waals surface area contributed by atoms with Gasteiger partial charge in [0.2, 0.25) is 0 Å². The molecule has 13 heteroatoms. The Kier molecular flexibility index (Phi) is 10.4. The summed E-state index contributed by atoms with van der Waals surface area (Å²) in [7, 11) is 0. The Balaban J connectivity index is 1.18. The van der Waals surface area contributed by atoms with Crippen molar-refractivity contribution in [3.63, 3.8) is 0 Å². The van der Waals surface area contributed by atoms with Crippen LogP contribution in [0.4, 0.5) is 29.3 Å². The van der Waals surface area contributed by atoms with Gasteiger partial charge in [-0.1, -0.05) is 0 Å². The van der Waals surface area contributed by atoms with Gasteiger partial charge in [-0.25, -0.2) is 18.0 Å². The zero-order valence-electron chi connectivity index (χ0n) is 31.7. The summed E-state index contributed by atoms with van der Waals surface area (Å²) >= 11 is 0. The third-order valence-corrected chi connectivity index (χ3v) is 10.6. The first-order valence-corrected chi connectivity index (χ1v) is 19.0. The van der Waals surface area contributed by atoms with E-state index >= 15 is 13.2 Å². The van der Waals surface area contributed by atoms with Crippen LogP contribution in [0.1, 0.15) is 81.4 Å². The number of benzene rings is 1. The molecule has 0 radical (unpaired) electrons. The molecule has 10 nitrogen and oxygen atoms in total. The number of piperidine rings is 2. The number of nitrogens with zero attached hydrogens (tertiary/aromatic N) is 6. The molecule has 5 heterocycles. The summed E-state index contributed by atoms with van der Waals surface area (Å²) in [5.41, 5.74) is 4.07. The molecule has 7 rings (SSSR count). The Hall–Kier alpha value is -4.65. The number of ether oxygens (including phenoxy) is 1. The zero-order valence-corrected chi connectivity index (χ0v) is 31.7. The molecule has 0 spiro atoms. The van der Waals surface area contributed by atoms with E-state index in [1.165, 1.54) is 11.0 Å². The smallest absolute Gasteiger partial charge is 0.408 e. The van der Waals surface area contributed by atoms with E-state index in [9.17, 15) is 9.59 Å². The maximum atomic E-state index is 16.1. The van der Waals surface area contributed by atoms with E-state index in [0.29, 0.717) is 24.2 Å². The maximum Gasteiger partial charge on any atom is 0.408 e. The number of pyridine rings is 3. The number of carbonyl (C=O) groups is 1. The second-order valence-corrected chi connectivity index (χ2v) is 16.2. The fraction of sp³-hybridized carbons (Fsp3) is 0.512. The average molecular weight is 746 g/mol. The van der Waals surface area contributed by atoms with Crippen LogP contribution in [-0.2, 0) is 17.8 Å². The van der Waals surface area contributed by atoms with Crippen molar-refractivity contribution in [3.05, 3.63) is 93.5 Å². The lowest BCUT2D eigenvalue weighted by Gasteiger charge is -2.40. The molecule has 2 saturated heterocycles. The van der Waals surface area contributed by atoms with Crippen LogP contribution >= 0.6 is 0 Å². The molecule has 1 amide bonds. The first kappa shape index (κ1) is 37.7. The van der Waals surface area contributed by atoms with Gasteiger partial charge in [-0.2, -0.15) is 0 Å². The molecule has 0 bridgehead atoms. The number of nitrogens with one attached hydrogen (secondary N) is 1. The predicted molar refractivity (Wildman–Crippen MR) is 204 cm³/mol. The Morgan fingerprint density at radius 3 is 2.48 bits per heavy atom. The normalized spacial score (nSPS) is 20.4. The molecule has 1 aromatic carbocycles. The molecule has 1 saturated carbocycles. The number of aryl methyl sites for hydroxylation is 2. The molecule has 3 aliphatic rings. The van der Waals surface area contributed by atoms with E-state index in [4.69, 9.17) is 4.74 Å². The average Bonchev–Trinajstić information content (AvgIpc) is 3.95. The van der Waals surface area contributed by atoms with Gasteiger partial charge in [0.25, 0.3) is 5.92 Å². The number of carbonyl (C=O) groups excluding carboxylic acids is 1. The molecule has 2 aliphatic heterocycles. The Bertz CT molecular complexity index is 2060. The van der Waals surface area contributed by atoms with Crippen LogP contribution in [0, 0.1) is 19.7 Å². The molecule has 2 atom stereocenters. The van der Waals surface area contributed by atoms with Crippen LogP contribution in [0.3, 0.4) is 0 Å². The third-order valence-electron chi connectivity index (χ3n) is 10.6. The number of hydrogen-bond donors (Lipinski definition) is 1. The first-order chi connectivity index (χ1) is 25.6. The molecular formula is C41H50F3N7O3. The molecule has 3 fully saturated rings. The van der Waals surface area contributed by atoms with Crippen molar-refractivity contribution in [1.29, 1.82) is 0 Å². The van der Waals surface area contributed by atoms with Crippen molar-refractivity contribution in [2.24, 2.45) is 0 Å². The van der Waals surface area contributed by atoms with Crippen LogP contribution in [0.2, 0.25) is 0 Å². The monoisotopic (exact) mass is 745 g/mol. The molecule has 54 heavy (non-hydrogen) atoms. The number of alkyl halides is 2. The summed E-state index contributed by atoms with van der Waals surface area (Å²) in [5, 5.41) is 2.55. The quantitative estimate of drug-likeness (QED) is 0.191. The van der Waals surface area contributed by atoms with E-state index < -0.39 is 36.0 Å². The minimum absolute atomic E-state index is 0.0158. The van der Waals surface area contributed by atoms with Crippen LogP contribution in [0.15, 0.2) is 59.8 Å². The highest BCUT2D eigenvalue weighted by Gasteiger charge is 2.46. The van der Waals surface area contributed by atoms with E-state index in [1.807, 2.05) is 42.9 Å². The standard InChI is InChI=1S/C41H50F3N7O3/c1-26-8-9-31(20-46-26)48-15-6-7-32(24-48)50(21-28-12-14-45-27(2)17-28)22-29-23-51(30-10-11-30)35-19-36(34(42)18-33(35)38(29)52)49-16-13-37(41(43,44)25-49)47-39(53)54-40(3,4)5/h8-9,12,14,17-20,23,30,32,37H,6-7,10-11,13,15-16,21-22,24-25H2,1-5H3,(H,47,53)/t32-,37-/m0/s1. The number of rotatable bonds is 9. The second-order valence-electron chi connectivity index (χ2n) is 16.2. The van der Waals surface area contributed by atoms with Crippen molar-refractivity contribution in [2.75, 3.05) is 36.0 Å². The van der Waals surface area contributed by atoms with Gasteiger partial charge in [-0.05, 0) is 109 Å². The SMILES string of the molecule is Cc1ccc(N2CCC[C@H](N(Cc3ccnc(C)c3)Cc3cn(C4CC4)c4cc(N5CC[C@H](NC(=O)OC(C)(C)C)C(F)(F)C5)c(F)cc4c3=O)C2)cn1. The number of hydrogen-bond acceptors (Lipinski definition) is 8. The Morgan fingerprint density at radius 1 is 1.00 bits per heavy atom. The first-order valence-electron chi connectivity index (χ1n) is 19.0. The van der Waals surface area contributed by atoms with Gasteiger partial charge in [0, 0.05) is 79.5 Å². The highest BCUT2D eigenvalue weighted by molar-refractivity contribution is 5.84. The molecule has 288 valence electrons. The minimum atomic E-state index is -3.35. The highest BCUT2D eigenvalue weighted by atomic mass is 19.3. The van der Waals surface area contributed by atoms with Gasteiger partial charge >= 0.3 is 6.09 Å². The van der Waals surface area contributed by atoms with Gasteiger partial charge in [0.15, 0.2) is 5.43 Å². The van der Waals surface area contributed by atoms with Crippen LogP contribution < -0.4 is 20.5 Å². The van der Waals surface area contributed by atoms with E-state index in [2.05, 4.69) is 37.2 Å². The number of halogens is 3. The van der Waals surface area contributed by atoms with Gasteiger partial charge < -0.3 is 24.4 Å². The van der Waals surface area contributed by atoms with Crippen molar-refractivity contribution in [1.82, 2.24) is 24.8 Å². The molecule has 1 aliphatic carbocycles. The molecule has 4 aromatic rings. The minimum Gasteiger partial charge on any atom is -0.444 e. The third kappa shape index (κ3) is 8.51. The summed E-state index contributed by atoms with van der Waals surface area (Å²) in [6.45, 7) is 10.9. The van der Waals surface area contributed by atoms with Crippen LogP contribution in [0.5, 0.6) is 0 Å². The number of aromatic nitrogens is 3. The number of alkyl carbamates (subject to hydrolysis) is 1. The van der Waals surface area contributed by atoms with Crippen molar-refractivity contribution in [2.45, 2.75) is 109 Å². The summed E-state index contributed by atoms with van der Waals surface area (Å²) in [4.78, 5) is 41.5. The lowest BCUT2D eigenvalue weighted by Crippen LogP contribution is -2.59. The van der Waals surface area contributed by atoms with Gasteiger partial charge in [-0.3, -0.25) is 19.7 Å². The van der Waals surface area contributed by atoms with Gasteiger partial charge in [0.1, 0.15) is 11.4 Å². The fourth-order valence-corrected chi connectivity index (χ4v) is 7.80. The molecule has 1 N–H and O–H groups in total. The van der Waals surface area contributed by atoms with Gasteiger partial charge in [-0.15, -0.1) is 0 Å². The van der Waals surface area contributed by atoms with Crippen LogP contribution in [0.25, 0.3) is 10.9 Å². The number of fused-ring (bicyclic) bond motifs is 1. The predicted octanol–water partition coefficient (Wildman–Crippen LogP) is 7.29. The lowest BCUT2D eigenvalue weighted by molar-refractivity contribution is -0.0459. The van der Waals surface area contributed by atoms with Crippen molar-refractivity contribution < 1.29 is 22.7 Å². The Morgan fingerprint density at radius 2 is 1.80 bits per heavy atom. The zero-order chi connectivity index (χ0) is 38.4. The van der Waals surface area contributed by atoms with Crippen molar-refractivity contribution >= 4 is 28.4 Å². The fourth-order valence-electron chi connectivity index (χ4n) is 7.80. The summed E-state index contributed by atoms with van der Waals surface area (Å²) in [6.07, 6.45) is 8.36. The summed E-state index contributed by atoms with van der Waals surface area (Å²) in [5.74, 6) is -4.08. The van der Waals surface area contributed by atoms with Gasteiger partial charge in [0.05, 0.1) is 35.7 Å². The van der Waals surface area contributed by atoms with Crippen LogP contribution in [-0.4, -0.2) is 75.3 Å². The van der Waals surface area contributed by atoms with Crippen molar-refractivity contribution in [3.8, 4) is 0 Å². The number of anilines is 2. The maximum absolute atomic E-state index is 16.1. The second kappa shape index (κ2) is 14.9. The van der Waals surface area contributed by atoms with E-state index in [-0.39, 0.29) is 41.6 Å². The van der Waals surface area contributed by atoms with E-state index in [1.54, 1.807) is 33.0 Å². The molecule has 0 unspecified atom stereocenters. The lowest BCUT2D eigenvalue weighted by atomic mass is 9.99. The summed E-state index contributed by atoms with van der Waals surface area (Å²) < 4.78 is 54.2. The highest BCUT2D eigenvalue weighted by Crippen LogP contribution is 2.39. The molecule has 3 aromatic heterocycles. The summed E-state index contributed by atoms with van der Waals surface area (Å²) in [6, 6.07) is 9.78. The topological polar surface area (TPSA) is 95.8 Å². The molecular weight excluding hydrogens is 695 g/mol.